The molecule has 120 valence electrons. The Hall–Kier alpha value is -2.66. The number of hydrogen-bond donors (Lipinski definition) is 0. The number of carbonyl (C=O) groups excluding carboxylic acids is 2. The molecule has 0 amide bonds. The molecule has 0 unspecified atom stereocenters. The highest BCUT2D eigenvalue weighted by Gasteiger charge is 2.05. The van der Waals surface area contributed by atoms with Crippen molar-refractivity contribution in [1.29, 1.82) is 0 Å². The highest BCUT2D eigenvalue weighted by Crippen LogP contribution is 2.10. The Morgan fingerprint density at radius 1 is 0.696 bits per heavy atom. The molecule has 0 N–H and O–H groups in total. The van der Waals surface area contributed by atoms with Gasteiger partial charge < -0.3 is 14.2 Å². The molecule has 5 nitrogen and oxygen atoms in total. The molecule has 0 fully saturated rings. The van der Waals surface area contributed by atoms with Crippen molar-refractivity contribution in [3.63, 3.8) is 0 Å². The Bertz CT molecular complexity index is 599. The van der Waals surface area contributed by atoms with Crippen molar-refractivity contribution in [2.45, 2.75) is 13.2 Å². The van der Waals surface area contributed by atoms with Crippen LogP contribution in [0.25, 0.3) is 0 Å². The van der Waals surface area contributed by atoms with Crippen LogP contribution in [0.1, 0.15) is 31.8 Å². The first-order valence-corrected chi connectivity index (χ1v) is 7.06. The molecule has 0 saturated heterocycles. The molecule has 0 radical (unpaired) electrons. The molecule has 0 heterocycles. The quantitative estimate of drug-likeness (QED) is 0.767. The van der Waals surface area contributed by atoms with Crippen LogP contribution in [0, 0.1) is 0 Å². The average Bonchev–Trinajstić information content (AvgIpc) is 2.61. The number of rotatable bonds is 6. The summed E-state index contributed by atoms with van der Waals surface area (Å²) in [5, 5.41) is 0. The zero-order valence-electron chi connectivity index (χ0n) is 13.1. The van der Waals surface area contributed by atoms with E-state index in [-0.39, 0.29) is 11.9 Å². The van der Waals surface area contributed by atoms with Crippen LogP contribution in [-0.4, -0.2) is 26.2 Å². The van der Waals surface area contributed by atoms with Gasteiger partial charge in [-0.1, -0.05) is 24.3 Å². The fourth-order valence-electron chi connectivity index (χ4n) is 2.00. The highest BCUT2D eigenvalue weighted by molar-refractivity contribution is 5.89. The fraction of sp³-hybridized carbons (Fsp3) is 0.222. The summed E-state index contributed by atoms with van der Waals surface area (Å²) < 4.78 is 14.9. The number of methoxy groups -OCH3 is 2. The van der Waals surface area contributed by atoms with E-state index in [0.717, 1.165) is 11.1 Å². The molecule has 0 aliphatic carbocycles. The van der Waals surface area contributed by atoms with Crippen molar-refractivity contribution < 1.29 is 23.8 Å². The van der Waals surface area contributed by atoms with Gasteiger partial charge in [0.05, 0.1) is 38.6 Å². The number of carbonyl (C=O) groups is 2. The summed E-state index contributed by atoms with van der Waals surface area (Å²) in [6, 6.07) is 14.1. The van der Waals surface area contributed by atoms with Crippen molar-refractivity contribution in [3.8, 4) is 0 Å². The minimum atomic E-state index is -0.358. The van der Waals surface area contributed by atoms with Crippen molar-refractivity contribution in [2.24, 2.45) is 0 Å². The summed E-state index contributed by atoms with van der Waals surface area (Å²) in [7, 11) is 2.70. The van der Waals surface area contributed by atoms with Crippen LogP contribution in [0.5, 0.6) is 0 Å². The van der Waals surface area contributed by atoms with Crippen LogP contribution in [0.15, 0.2) is 48.5 Å². The summed E-state index contributed by atoms with van der Waals surface area (Å²) in [6.07, 6.45) is 0. The van der Waals surface area contributed by atoms with Gasteiger partial charge in [-0.3, -0.25) is 0 Å². The molecular formula is C18H18O5. The van der Waals surface area contributed by atoms with E-state index >= 15 is 0 Å². The fourth-order valence-corrected chi connectivity index (χ4v) is 2.00. The Balaban J connectivity index is 1.85. The molecule has 5 heteroatoms. The Labute approximate surface area is 134 Å². The number of benzene rings is 2. The first-order valence-electron chi connectivity index (χ1n) is 7.06. The van der Waals surface area contributed by atoms with Gasteiger partial charge in [-0.05, 0) is 35.4 Å². The molecule has 0 spiro atoms. The van der Waals surface area contributed by atoms with Crippen LogP contribution >= 0.6 is 0 Å². The van der Waals surface area contributed by atoms with Gasteiger partial charge in [-0.15, -0.1) is 0 Å². The molecule has 0 bridgehead atoms. The van der Waals surface area contributed by atoms with Gasteiger partial charge in [0.15, 0.2) is 0 Å². The second-order valence-corrected chi connectivity index (χ2v) is 4.87. The molecule has 2 aromatic carbocycles. The lowest BCUT2D eigenvalue weighted by molar-refractivity contribution is 0.0592. The van der Waals surface area contributed by atoms with Gasteiger partial charge in [-0.25, -0.2) is 9.59 Å². The molecule has 0 aliphatic rings. The van der Waals surface area contributed by atoms with Crippen LogP contribution in [0.4, 0.5) is 0 Å². The molecule has 2 rings (SSSR count). The second kappa shape index (κ2) is 8.10. The van der Waals surface area contributed by atoms with Crippen LogP contribution in [0.3, 0.4) is 0 Å². The van der Waals surface area contributed by atoms with E-state index in [9.17, 15) is 9.59 Å². The summed E-state index contributed by atoms with van der Waals surface area (Å²) in [4.78, 5) is 22.7. The molecule has 0 atom stereocenters. The highest BCUT2D eigenvalue weighted by atomic mass is 16.5. The van der Waals surface area contributed by atoms with E-state index in [1.807, 2.05) is 24.3 Å². The second-order valence-electron chi connectivity index (χ2n) is 4.87. The Morgan fingerprint density at radius 3 is 1.35 bits per heavy atom. The van der Waals surface area contributed by atoms with Crippen LogP contribution in [0.2, 0.25) is 0 Å². The minimum Gasteiger partial charge on any atom is -0.465 e. The Kier molecular flexibility index (Phi) is 5.88. The van der Waals surface area contributed by atoms with Gasteiger partial charge >= 0.3 is 11.9 Å². The maximum Gasteiger partial charge on any atom is 0.337 e. The van der Waals surface area contributed by atoms with Gasteiger partial charge in [0.25, 0.3) is 0 Å². The summed E-state index contributed by atoms with van der Waals surface area (Å²) in [5.41, 5.74) is 2.94. The van der Waals surface area contributed by atoms with Gasteiger partial charge in [0.1, 0.15) is 0 Å². The monoisotopic (exact) mass is 314 g/mol. The smallest absolute Gasteiger partial charge is 0.337 e. The molecule has 0 aromatic heterocycles. The van der Waals surface area contributed by atoms with Crippen molar-refractivity contribution >= 4 is 11.9 Å². The minimum absolute atomic E-state index is 0.358. The summed E-state index contributed by atoms with van der Waals surface area (Å²) >= 11 is 0. The maximum absolute atomic E-state index is 11.3. The third-order valence-electron chi connectivity index (χ3n) is 3.29. The van der Waals surface area contributed by atoms with Crippen molar-refractivity contribution in [1.82, 2.24) is 0 Å². The van der Waals surface area contributed by atoms with E-state index in [1.54, 1.807) is 24.3 Å². The van der Waals surface area contributed by atoms with Gasteiger partial charge in [0.2, 0.25) is 0 Å². The lowest BCUT2D eigenvalue weighted by atomic mass is 10.1. The topological polar surface area (TPSA) is 61.8 Å². The predicted octanol–water partition coefficient (Wildman–Crippen LogP) is 2.98. The normalized spacial score (nSPS) is 10.2. The predicted molar refractivity (Wildman–Crippen MR) is 84.1 cm³/mol. The van der Waals surface area contributed by atoms with Crippen molar-refractivity contribution in [3.05, 3.63) is 70.8 Å². The zero-order valence-corrected chi connectivity index (χ0v) is 13.1. The number of esters is 2. The largest absolute Gasteiger partial charge is 0.465 e. The van der Waals surface area contributed by atoms with E-state index < -0.39 is 0 Å². The maximum atomic E-state index is 11.3. The summed E-state index contributed by atoms with van der Waals surface area (Å²) in [5.74, 6) is -0.716. The lowest BCUT2D eigenvalue weighted by Gasteiger charge is -2.06. The third kappa shape index (κ3) is 4.66. The van der Waals surface area contributed by atoms with Gasteiger partial charge in [0, 0.05) is 0 Å². The summed E-state index contributed by atoms with van der Waals surface area (Å²) in [6.45, 7) is 0.862. The standard InChI is InChI=1S/C18H18O5/c1-21-17(19)15-7-3-13(4-8-15)11-23-12-14-5-9-16(10-6-14)18(20)22-2/h3-10H,11-12H2,1-2H3. The average molecular weight is 314 g/mol. The first-order chi connectivity index (χ1) is 11.1. The molecule has 0 aliphatic heterocycles. The molecule has 23 heavy (non-hydrogen) atoms. The van der Waals surface area contributed by atoms with Crippen LogP contribution < -0.4 is 0 Å². The number of ether oxygens (including phenoxy) is 3. The first kappa shape index (κ1) is 16.7. The van der Waals surface area contributed by atoms with Gasteiger partial charge in [-0.2, -0.15) is 0 Å². The van der Waals surface area contributed by atoms with E-state index in [0.29, 0.717) is 24.3 Å². The third-order valence-corrected chi connectivity index (χ3v) is 3.29. The molecule has 2 aromatic rings. The van der Waals surface area contributed by atoms with Crippen molar-refractivity contribution in [2.75, 3.05) is 14.2 Å². The number of hydrogen-bond acceptors (Lipinski definition) is 5. The van der Waals surface area contributed by atoms with Crippen LogP contribution in [-0.2, 0) is 27.4 Å². The lowest BCUT2D eigenvalue weighted by Crippen LogP contribution is -2.02. The zero-order chi connectivity index (χ0) is 16.7. The molecular weight excluding hydrogens is 296 g/mol. The Morgan fingerprint density at radius 2 is 1.04 bits per heavy atom. The molecule has 0 saturated carbocycles. The van der Waals surface area contributed by atoms with E-state index in [2.05, 4.69) is 9.47 Å². The van der Waals surface area contributed by atoms with E-state index in [4.69, 9.17) is 4.74 Å². The van der Waals surface area contributed by atoms with E-state index in [1.165, 1.54) is 14.2 Å². The SMILES string of the molecule is COC(=O)c1ccc(COCc2ccc(C(=O)OC)cc2)cc1.